The first-order valence-electron chi connectivity index (χ1n) is 6.16. The van der Waals surface area contributed by atoms with E-state index in [2.05, 4.69) is 10.5 Å². The quantitative estimate of drug-likeness (QED) is 0.687. The van der Waals surface area contributed by atoms with Crippen molar-refractivity contribution in [3.8, 4) is 29.0 Å². The van der Waals surface area contributed by atoms with Gasteiger partial charge in [-0.1, -0.05) is 36.4 Å². The van der Waals surface area contributed by atoms with E-state index in [1.54, 1.807) is 19.2 Å². The van der Waals surface area contributed by atoms with E-state index in [0.717, 1.165) is 16.9 Å². The number of ether oxygens (including phenoxy) is 1. The summed E-state index contributed by atoms with van der Waals surface area (Å²) in [7, 11) is 1.61. The van der Waals surface area contributed by atoms with Crippen molar-refractivity contribution in [1.29, 1.82) is 10.5 Å². The summed E-state index contributed by atoms with van der Waals surface area (Å²) in [6.07, 6.45) is 0. The Balaban J connectivity index is 2.45. The molecule has 0 fully saturated rings. The largest absolute Gasteiger partial charge is 0.496 e. The van der Waals surface area contributed by atoms with Crippen LogP contribution in [0.1, 0.15) is 0 Å². The fraction of sp³-hybridized carbons (Fsp3) is 0.0625. The molecule has 0 atom stereocenters. The van der Waals surface area contributed by atoms with Crippen LogP contribution in [0.2, 0.25) is 0 Å². The van der Waals surface area contributed by atoms with Gasteiger partial charge in [0, 0.05) is 11.1 Å². The summed E-state index contributed by atoms with van der Waals surface area (Å²) in [6.45, 7) is 0. The van der Waals surface area contributed by atoms with E-state index in [-0.39, 0.29) is 5.71 Å². The molecule has 102 valence electrons. The zero-order chi connectivity index (χ0) is 15.1. The highest BCUT2D eigenvalue weighted by Crippen LogP contribution is 2.34. The second-order valence-electron chi connectivity index (χ2n) is 4.04. The Bertz CT molecular complexity index is 737. The lowest BCUT2D eigenvalue weighted by molar-refractivity contribution is 0.416. The number of benzene rings is 2. The number of hydrogen-bond donors (Lipinski definition) is 1. The lowest BCUT2D eigenvalue weighted by Gasteiger charge is -2.12. The van der Waals surface area contributed by atoms with Gasteiger partial charge in [0.2, 0.25) is 5.71 Å². The summed E-state index contributed by atoms with van der Waals surface area (Å²) >= 11 is 0. The maximum absolute atomic E-state index is 8.71. The number of nitrogens with one attached hydrogen (secondary N) is 1. The lowest BCUT2D eigenvalue weighted by Crippen LogP contribution is -1.98. The third-order valence-electron chi connectivity index (χ3n) is 2.82. The van der Waals surface area contributed by atoms with Crippen LogP contribution in [0.25, 0.3) is 11.1 Å². The molecular weight excluding hydrogens is 264 g/mol. The van der Waals surface area contributed by atoms with Crippen LogP contribution in [-0.2, 0) is 0 Å². The second kappa shape index (κ2) is 6.74. The average Bonchev–Trinajstić information content (AvgIpc) is 2.56. The minimum Gasteiger partial charge on any atom is -0.496 e. The predicted molar refractivity (Wildman–Crippen MR) is 80.7 cm³/mol. The smallest absolute Gasteiger partial charge is 0.237 e. The number of nitrogens with zero attached hydrogens (tertiary/aromatic N) is 3. The third-order valence-corrected chi connectivity index (χ3v) is 2.82. The van der Waals surface area contributed by atoms with Crippen LogP contribution >= 0.6 is 0 Å². The summed E-state index contributed by atoms with van der Waals surface area (Å²) in [5.74, 6) is 0.733. The molecule has 5 heteroatoms. The molecule has 2 aromatic carbocycles. The molecule has 0 saturated heterocycles. The fourth-order valence-electron chi connectivity index (χ4n) is 1.87. The van der Waals surface area contributed by atoms with Crippen molar-refractivity contribution in [2.24, 2.45) is 5.10 Å². The van der Waals surface area contributed by atoms with Gasteiger partial charge < -0.3 is 4.74 Å². The second-order valence-corrected chi connectivity index (χ2v) is 4.04. The molecule has 1 N–H and O–H groups in total. The summed E-state index contributed by atoms with van der Waals surface area (Å²) in [5.41, 5.74) is 4.97. The van der Waals surface area contributed by atoms with Gasteiger partial charge in [0.15, 0.2) is 0 Å². The van der Waals surface area contributed by atoms with Gasteiger partial charge in [-0.3, -0.25) is 5.43 Å². The van der Waals surface area contributed by atoms with Crippen LogP contribution in [0.15, 0.2) is 53.6 Å². The van der Waals surface area contributed by atoms with E-state index in [0.29, 0.717) is 5.69 Å². The summed E-state index contributed by atoms with van der Waals surface area (Å²) in [5, 5.41) is 21.2. The molecule has 0 aliphatic carbocycles. The third kappa shape index (κ3) is 3.17. The fourth-order valence-corrected chi connectivity index (χ4v) is 1.87. The molecule has 0 aromatic heterocycles. The van der Waals surface area contributed by atoms with Gasteiger partial charge in [-0.05, 0) is 12.1 Å². The molecule has 0 bridgehead atoms. The van der Waals surface area contributed by atoms with Crippen molar-refractivity contribution in [3.63, 3.8) is 0 Å². The topological polar surface area (TPSA) is 81.2 Å². The Kier molecular flexibility index (Phi) is 4.53. The molecular formula is C16H12N4O. The monoisotopic (exact) mass is 276 g/mol. The number of methoxy groups -OCH3 is 1. The van der Waals surface area contributed by atoms with Gasteiger partial charge in [-0.25, -0.2) is 0 Å². The SMILES string of the molecule is COc1ccccc1-c1ccccc1NN=C(C#N)C#N. The van der Waals surface area contributed by atoms with Crippen LogP contribution in [0.3, 0.4) is 0 Å². The number of hydrogen-bond acceptors (Lipinski definition) is 5. The van der Waals surface area contributed by atoms with Crippen molar-refractivity contribution in [1.82, 2.24) is 0 Å². The van der Waals surface area contributed by atoms with Crippen molar-refractivity contribution in [2.75, 3.05) is 12.5 Å². The van der Waals surface area contributed by atoms with Crippen molar-refractivity contribution < 1.29 is 4.74 Å². The predicted octanol–water partition coefficient (Wildman–Crippen LogP) is 3.18. The Labute approximate surface area is 122 Å². The van der Waals surface area contributed by atoms with Crippen LogP contribution < -0.4 is 10.2 Å². The van der Waals surface area contributed by atoms with Crippen molar-refractivity contribution in [3.05, 3.63) is 48.5 Å². The first-order valence-corrected chi connectivity index (χ1v) is 6.16. The minimum atomic E-state index is -0.232. The molecule has 0 unspecified atom stereocenters. The van der Waals surface area contributed by atoms with Gasteiger partial charge in [-0.2, -0.15) is 15.6 Å². The molecule has 0 saturated carbocycles. The molecule has 0 aliphatic rings. The highest BCUT2D eigenvalue weighted by atomic mass is 16.5. The number of hydrazone groups is 1. The Morgan fingerprint density at radius 1 is 1.00 bits per heavy atom. The maximum atomic E-state index is 8.71. The van der Waals surface area contributed by atoms with Gasteiger partial charge in [0.05, 0.1) is 12.8 Å². The first kappa shape index (κ1) is 14.1. The van der Waals surface area contributed by atoms with Crippen LogP contribution in [0.4, 0.5) is 5.69 Å². The van der Waals surface area contributed by atoms with Gasteiger partial charge in [0.25, 0.3) is 0 Å². The Morgan fingerprint density at radius 2 is 1.62 bits per heavy atom. The molecule has 2 aromatic rings. The van der Waals surface area contributed by atoms with Crippen molar-refractivity contribution in [2.45, 2.75) is 0 Å². The van der Waals surface area contributed by atoms with Crippen LogP contribution in [0.5, 0.6) is 5.75 Å². The zero-order valence-electron chi connectivity index (χ0n) is 11.4. The summed E-state index contributed by atoms with van der Waals surface area (Å²) in [6, 6.07) is 18.5. The van der Waals surface area contributed by atoms with E-state index >= 15 is 0 Å². The maximum Gasteiger partial charge on any atom is 0.237 e. The lowest BCUT2D eigenvalue weighted by atomic mass is 10.0. The Hall–Kier alpha value is -3.31. The Morgan fingerprint density at radius 3 is 2.29 bits per heavy atom. The van der Waals surface area contributed by atoms with Gasteiger partial charge in [0.1, 0.15) is 17.9 Å². The average molecular weight is 276 g/mol. The zero-order valence-corrected chi connectivity index (χ0v) is 11.4. The molecule has 2 rings (SSSR count). The van der Waals surface area contributed by atoms with Crippen LogP contribution in [-0.4, -0.2) is 12.8 Å². The van der Waals surface area contributed by atoms with Crippen molar-refractivity contribution >= 4 is 11.4 Å². The molecule has 0 aliphatic heterocycles. The number of anilines is 1. The summed E-state index contributed by atoms with van der Waals surface area (Å²) < 4.78 is 5.35. The molecule has 0 spiro atoms. The normalized spacial score (nSPS) is 9.10. The van der Waals surface area contributed by atoms with E-state index in [1.165, 1.54) is 0 Å². The van der Waals surface area contributed by atoms with Crippen LogP contribution in [0, 0.1) is 22.7 Å². The molecule has 5 nitrogen and oxygen atoms in total. The minimum absolute atomic E-state index is 0.232. The highest BCUT2D eigenvalue weighted by Gasteiger charge is 2.09. The standard InChI is InChI=1S/C16H12N4O/c1-21-16-9-5-3-7-14(16)13-6-2-4-8-15(13)20-19-12(10-17)11-18/h2-9,20H,1H3. The molecule has 0 radical (unpaired) electrons. The number of nitriles is 2. The van der Waals surface area contributed by atoms with E-state index in [4.69, 9.17) is 15.3 Å². The highest BCUT2D eigenvalue weighted by molar-refractivity contribution is 6.10. The van der Waals surface area contributed by atoms with E-state index in [1.807, 2.05) is 48.5 Å². The first-order chi connectivity index (χ1) is 10.3. The molecule has 0 amide bonds. The van der Waals surface area contributed by atoms with Gasteiger partial charge in [-0.15, -0.1) is 0 Å². The van der Waals surface area contributed by atoms with E-state index in [9.17, 15) is 0 Å². The summed E-state index contributed by atoms with van der Waals surface area (Å²) in [4.78, 5) is 0. The number of para-hydroxylation sites is 2. The molecule has 21 heavy (non-hydrogen) atoms. The number of rotatable bonds is 4. The van der Waals surface area contributed by atoms with E-state index < -0.39 is 0 Å². The van der Waals surface area contributed by atoms with Gasteiger partial charge >= 0.3 is 0 Å². The molecule has 0 heterocycles.